The van der Waals surface area contributed by atoms with Crippen molar-refractivity contribution in [1.29, 1.82) is 0 Å². The molecule has 6 heteroatoms. The van der Waals surface area contributed by atoms with Gasteiger partial charge in [-0.15, -0.1) is 5.10 Å². The number of carbonyl (C=O) groups is 1. The zero-order valence-electron chi connectivity index (χ0n) is 12.1. The number of hydrogen-bond acceptors (Lipinski definition) is 4. The standard InChI is InChI=1S/C15H19N5O/c1-11-17-18-19-20(11)9-8-15(21)16-14-7-6-12-4-2-3-5-13(12)10-14/h2-5,14H,6-10H2,1H3,(H,16,21). The van der Waals surface area contributed by atoms with E-state index in [0.717, 1.165) is 25.1 Å². The minimum atomic E-state index is 0.0641. The summed E-state index contributed by atoms with van der Waals surface area (Å²) in [5.74, 6) is 0.795. The van der Waals surface area contributed by atoms with E-state index < -0.39 is 0 Å². The molecule has 1 amide bonds. The highest BCUT2D eigenvalue weighted by atomic mass is 16.1. The van der Waals surface area contributed by atoms with Gasteiger partial charge < -0.3 is 5.32 Å². The molecule has 1 unspecified atom stereocenters. The number of benzene rings is 1. The lowest BCUT2D eigenvalue weighted by Crippen LogP contribution is -2.39. The van der Waals surface area contributed by atoms with E-state index in [1.54, 1.807) is 4.68 Å². The number of rotatable bonds is 4. The van der Waals surface area contributed by atoms with E-state index in [2.05, 4.69) is 45.1 Å². The molecule has 0 radical (unpaired) electrons. The van der Waals surface area contributed by atoms with Gasteiger partial charge in [-0.05, 0) is 47.7 Å². The summed E-state index contributed by atoms with van der Waals surface area (Å²) in [5, 5.41) is 14.3. The van der Waals surface area contributed by atoms with Gasteiger partial charge in [0, 0.05) is 12.5 Å². The van der Waals surface area contributed by atoms with Gasteiger partial charge in [-0.2, -0.15) is 0 Å². The first-order valence-electron chi connectivity index (χ1n) is 7.31. The monoisotopic (exact) mass is 285 g/mol. The molecule has 0 aliphatic heterocycles. The summed E-state index contributed by atoms with van der Waals surface area (Å²) in [6.07, 6.45) is 3.37. The summed E-state index contributed by atoms with van der Waals surface area (Å²) in [7, 11) is 0. The van der Waals surface area contributed by atoms with E-state index in [4.69, 9.17) is 0 Å². The van der Waals surface area contributed by atoms with Crippen molar-refractivity contribution in [2.75, 3.05) is 0 Å². The molecule has 0 saturated heterocycles. The Morgan fingerprint density at radius 3 is 2.95 bits per heavy atom. The minimum Gasteiger partial charge on any atom is -0.353 e. The Balaban J connectivity index is 1.51. The summed E-state index contributed by atoms with van der Waals surface area (Å²) in [6.45, 7) is 2.35. The predicted octanol–water partition coefficient (Wildman–Crippen LogP) is 1.05. The van der Waals surface area contributed by atoms with Gasteiger partial charge in [-0.1, -0.05) is 24.3 Å². The van der Waals surface area contributed by atoms with E-state index in [1.165, 1.54) is 11.1 Å². The summed E-state index contributed by atoms with van der Waals surface area (Å²) in [5.41, 5.74) is 2.76. The number of fused-ring (bicyclic) bond motifs is 1. The van der Waals surface area contributed by atoms with Crippen molar-refractivity contribution in [3.05, 3.63) is 41.2 Å². The van der Waals surface area contributed by atoms with Crippen molar-refractivity contribution < 1.29 is 4.79 Å². The molecular weight excluding hydrogens is 266 g/mol. The quantitative estimate of drug-likeness (QED) is 0.911. The summed E-state index contributed by atoms with van der Waals surface area (Å²) >= 11 is 0. The van der Waals surface area contributed by atoms with Gasteiger partial charge in [0.2, 0.25) is 5.91 Å². The molecule has 1 aliphatic rings. The molecule has 1 atom stereocenters. The predicted molar refractivity (Wildman–Crippen MR) is 77.6 cm³/mol. The van der Waals surface area contributed by atoms with Crippen LogP contribution in [0.15, 0.2) is 24.3 Å². The summed E-state index contributed by atoms with van der Waals surface area (Å²) < 4.78 is 1.65. The zero-order valence-corrected chi connectivity index (χ0v) is 12.1. The molecule has 1 aromatic heterocycles. The Morgan fingerprint density at radius 1 is 1.38 bits per heavy atom. The molecule has 6 nitrogen and oxygen atoms in total. The highest BCUT2D eigenvalue weighted by Crippen LogP contribution is 2.21. The Hall–Kier alpha value is -2.24. The molecule has 0 bridgehead atoms. The second-order valence-electron chi connectivity index (χ2n) is 5.48. The third kappa shape index (κ3) is 3.26. The van der Waals surface area contributed by atoms with Crippen LogP contribution >= 0.6 is 0 Å². The van der Waals surface area contributed by atoms with Crippen molar-refractivity contribution in [3.63, 3.8) is 0 Å². The molecule has 21 heavy (non-hydrogen) atoms. The number of nitrogens with zero attached hydrogens (tertiary/aromatic N) is 4. The average Bonchev–Trinajstić information content (AvgIpc) is 2.90. The topological polar surface area (TPSA) is 72.7 Å². The first kappa shape index (κ1) is 13.7. The van der Waals surface area contributed by atoms with Crippen molar-refractivity contribution in [2.45, 2.75) is 45.2 Å². The average molecular weight is 285 g/mol. The van der Waals surface area contributed by atoms with E-state index in [9.17, 15) is 4.79 Å². The van der Waals surface area contributed by atoms with Crippen LogP contribution in [0.1, 0.15) is 29.8 Å². The van der Waals surface area contributed by atoms with E-state index in [-0.39, 0.29) is 11.9 Å². The highest BCUT2D eigenvalue weighted by Gasteiger charge is 2.19. The van der Waals surface area contributed by atoms with Gasteiger partial charge in [0.25, 0.3) is 0 Å². The van der Waals surface area contributed by atoms with Gasteiger partial charge in [0.15, 0.2) is 0 Å². The zero-order chi connectivity index (χ0) is 14.7. The van der Waals surface area contributed by atoms with Crippen LogP contribution in [0, 0.1) is 6.92 Å². The first-order chi connectivity index (χ1) is 10.2. The number of nitrogens with one attached hydrogen (secondary N) is 1. The molecule has 1 N–H and O–H groups in total. The number of tetrazole rings is 1. The minimum absolute atomic E-state index is 0.0641. The fourth-order valence-electron chi connectivity index (χ4n) is 2.78. The van der Waals surface area contributed by atoms with Crippen LogP contribution in [0.3, 0.4) is 0 Å². The normalized spacial score (nSPS) is 17.3. The molecule has 1 heterocycles. The number of aryl methyl sites for hydroxylation is 3. The second kappa shape index (κ2) is 6.03. The Labute approximate surface area is 123 Å². The maximum Gasteiger partial charge on any atom is 0.222 e. The van der Waals surface area contributed by atoms with Crippen molar-refractivity contribution in [3.8, 4) is 0 Å². The Morgan fingerprint density at radius 2 is 2.19 bits per heavy atom. The number of hydrogen-bond donors (Lipinski definition) is 1. The van der Waals surface area contributed by atoms with Gasteiger partial charge in [-0.3, -0.25) is 4.79 Å². The van der Waals surface area contributed by atoms with Crippen LogP contribution in [-0.4, -0.2) is 32.2 Å². The lowest BCUT2D eigenvalue weighted by atomic mass is 9.88. The van der Waals surface area contributed by atoms with Crippen LogP contribution in [0.2, 0.25) is 0 Å². The molecule has 0 spiro atoms. The molecule has 0 saturated carbocycles. The molecule has 1 aromatic carbocycles. The van der Waals surface area contributed by atoms with E-state index in [1.807, 2.05) is 6.92 Å². The fourth-order valence-corrected chi connectivity index (χ4v) is 2.78. The molecular formula is C15H19N5O. The van der Waals surface area contributed by atoms with Gasteiger partial charge in [-0.25, -0.2) is 4.68 Å². The smallest absolute Gasteiger partial charge is 0.222 e. The van der Waals surface area contributed by atoms with E-state index >= 15 is 0 Å². The van der Waals surface area contributed by atoms with Gasteiger partial charge in [0.05, 0.1) is 6.54 Å². The SMILES string of the molecule is Cc1nnnn1CCC(=O)NC1CCc2ccccc2C1. The third-order valence-electron chi connectivity index (χ3n) is 3.97. The molecule has 2 aromatic rings. The number of carbonyl (C=O) groups excluding carboxylic acids is 1. The number of amides is 1. The number of aromatic nitrogens is 4. The lowest BCUT2D eigenvalue weighted by molar-refractivity contribution is -0.122. The van der Waals surface area contributed by atoms with E-state index in [0.29, 0.717) is 13.0 Å². The molecule has 3 rings (SSSR count). The van der Waals surface area contributed by atoms with Crippen LogP contribution < -0.4 is 5.32 Å². The Bertz CT molecular complexity index is 636. The first-order valence-corrected chi connectivity index (χ1v) is 7.31. The maximum absolute atomic E-state index is 12.0. The van der Waals surface area contributed by atoms with Crippen LogP contribution in [0.5, 0.6) is 0 Å². The van der Waals surface area contributed by atoms with Crippen LogP contribution in [0.4, 0.5) is 0 Å². The highest BCUT2D eigenvalue weighted by molar-refractivity contribution is 5.76. The Kier molecular flexibility index (Phi) is 3.94. The summed E-state index contributed by atoms with van der Waals surface area (Å²) in [6, 6.07) is 8.70. The third-order valence-corrected chi connectivity index (χ3v) is 3.97. The molecule has 110 valence electrons. The van der Waals surface area contributed by atoms with Crippen LogP contribution in [0.25, 0.3) is 0 Å². The summed E-state index contributed by atoms with van der Waals surface area (Å²) in [4.78, 5) is 12.0. The largest absolute Gasteiger partial charge is 0.353 e. The lowest BCUT2D eigenvalue weighted by Gasteiger charge is -2.25. The maximum atomic E-state index is 12.0. The molecule has 1 aliphatic carbocycles. The van der Waals surface area contributed by atoms with Gasteiger partial charge in [0.1, 0.15) is 5.82 Å². The van der Waals surface area contributed by atoms with Gasteiger partial charge >= 0.3 is 0 Å². The second-order valence-corrected chi connectivity index (χ2v) is 5.48. The van der Waals surface area contributed by atoms with Crippen molar-refractivity contribution in [1.82, 2.24) is 25.5 Å². The van der Waals surface area contributed by atoms with Crippen LogP contribution in [-0.2, 0) is 24.2 Å². The fraction of sp³-hybridized carbons (Fsp3) is 0.467. The van der Waals surface area contributed by atoms with Crippen molar-refractivity contribution >= 4 is 5.91 Å². The van der Waals surface area contributed by atoms with Crippen molar-refractivity contribution in [2.24, 2.45) is 0 Å². The molecule has 0 fully saturated rings.